The standard InChI is InChI=1S/C128H184N2O11/c1-7-13-19-25-31-37-43-49-55-61-69-99-91-103(92-100(70-62-56-50-44-38-32-26-20-14-8-2)109(99)77-65-59-53-47-41-35-29-23-17-11-5)129-125(131)113-81-79-111-122-118-98-116-120-114(82-80-112(124(120)122)121-117(97-115(127(129)133)119(113)123(111)121)140-107-75-67-73-105(95-107)138-89-87-136-85-83-135-84-86-137-88-90-139-106-74-68-76-108(96-106)141-118)126(132)130(128(116)134)104-93-101(71-63-57-51-45-39-33-27-21-15-9-3)110(78-66-60-54-48-42-36-30-24-18-12-6)102(94-104)72-64-58-52-46-40-34-28-22-16-10-4/h67-68,73-76,79-82,91-98H,7-66,69-72,77-78,83-90H2,1-6H3. The summed E-state index contributed by atoms with van der Waals surface area (Å²) < 4.78 is 45.7. The molecule has 0 saturated carbocycles. The SMILES string of the molecule is CCCCCCCCCCCCc1cc(N2C(=O)c3ccc4c5c6cc7c8c(ccc(c9c(cc(c3c49)C2=O)Oc2cccc(c2)OCCOCCOCCOCCOc2cccc(c2)O6)c85)C(=O)N(c2cc(CCCCCCCCCCCC)c(CCCCCCCCCCCC)c(CCCCCCCCCCCC)c2)C7=O)cc(CCCCCCCCCCCC)c1CCCCCCCCCCCC. The van der Waals surface area contributed by atoms with E-state index in [0.29, 0.717) is 151 Å². The number of hydrogen-bond acceptors (Lipinski definition) is 11. The van der Waals surface area contributed by atoms with Crippen LogP contribution < -0.4 is 28.7 Å². The van der Waals surface area contributed by atoms with Crippen LogP contribution in [0.4, 0.5) is 11.4 Å². The summed E-state index contributed by atoms with van der Waals surface area (Å²) in [6.07, 6.45) is 80.5. The molecule has 0 saturated heterocycles. The van der Waals surface area contributed by atoms with Crippen molar-refractivity contribution in [2.45, 2.75) is 465 Å². The fourth-order valence-corrected chi connectivity index (χ4v) is 22.7. The van der Waals surface area contributed by atoms with Crippen molar-refractivity contribution in [1.29, 1.82) is 0 Å². The fraction of sp³-hybridized carbons (Fsp3) is 0.625. The van der Waals surface area contributed by atoms with Crippen molar-refractivity contribution in [2.75, 3.05) is 62.7 Å². The molecule has 9 aromatic rings. The maximum Gasteiger partial charge on any atom is 0.266 e. The van der Waals surface area contributed by atoms with Crippen molar-refractivity contribution in [1.82, 2.24) is 0 Å². The van der Waals surface area contributed by atoms with Gasteiger partial charge in [0.1, 0.15) is 47.7 Å². The third kappa shape index (κ3) is 34.4. The highest BCUT2D eigenvalue weighted by Crippen LogP contribution is 2.54. The molecule has 4 heterocycles. The Kier molecular flexibility index (Phi) is 51.0. The van der Waals surface area contributed by atoms with Crippen LogP contribution in [-0.2, 0) is 52.7 Å². The molecule has 141 heavy (non-hydrogen) atoms. The molecule has 13 rings (SSSR count). The Morgan fingerprint density at radius 2 is 0.440 bits per heavy atom. The van der Waals surface area contributed by atoms with E-state index in [0.717, 1.165) is 103 Å². The van der Waals surface area contributed by atoms with Crippen molar-refractivity contribution in [2.24, 2.45) is 0 Å². The highest BCUT2D eigenvalue weighted by molar-refractivity contribution is 6.46. The van der Waals surface area contributed by atoms with E-state index < -0.39 is 11.8 Å². The minimum absolute atomic E-state index is 0.266. The molecule has 4 amide bonds. The first-order chi connectivity index (χ1) is 69.6. The molecule has 0 N–H and O–H groups in total. The third-order valence-corrected chi connectivity index (χ3v) is 30.7. The van der Waals surface area contributed by atoms with Gasteiger partial charge in [0.25, 0.3) is 23.6 Å². The molecule has 4 aliphatic rings. The topological polar surface area (TPSA) is 139 Å². The van der Waals surface area contributed by atoms with Crippen molar-refractivity contribution in [3.8, 4) is 34.5 Å². The van der Waals surface area contributed by atoms with Gasteiger partial charge in [-0.3, -0.25) is 19.2 Å². The van der Waals surface area contributed by atoms with E-state index in [1.54, 1.807) is 0 Å². The van der Waals surface area contributed by atoms with Gasteiger partial charge in [-0.2, -0.15) is 0 Å². The first kappa shape index (κ1) is 111. The highest BCUT2D eigenvalue weighted by atomic mass is 16.6. The zero-order valence-electron chi connectivity index (χ0n) is 89.1. The van der Waals surface area contributed by atoms with Crippen LogP contribution in [0, 0.1) is 0 Å². The molecule has 13 heteroatoms. The number of unbranched alkanes of at least 4 members (excludes halogenated alkanes) is 54. The molecule has 13 nitrogen and oxygen atoms in total. The van der Waals surface area contributed by atoms with E-state index >= 15 is 19.2 Å². The van der Waals surface area contributed by atoms with Crippen LogP contribution in [-0.4, -0.2) is 76.5 Å². The zero-order chi connectivity index (χ0) is 98.5. The Hall–Kier alpha value is -8.36. The summed E-state index contributed by atoms with van der Waals surface area (Å²) in [5.74, 6) is 1.17. The minimum Gasteiger partial charge on any atom is -0.491 e. The van der Waals surface area contributed by atoms with Gasteiger partial charge in [-0.1, -0.05) is 413 Å². The Morgan fingerprint density at radius 1 is 0.213 bits per heavy atom. The Bertz CT molecular complexity index is 4770. The number of carbonyl (C=O) groups is 4. The maximum atomic E-state index is 16.9. The first-order valence-corrected chi connectivity index (χ1v) is 58.5. The average molecular weight is 1930 g/mol. The number of aryl methyl sites for hydroxylation is 4. The van der Waals surface area contributed by atoms with Gasteiger partial charge in [-0.25, -0.2) is 9.80 Å². The summed E-state index contributed by atoms with van der Waals surface area (Å²) in [5, 5.41) is 4.89. The first-order valence-electron chi connectivity index (χ1n) is 58.5. The monoisotopic (exact) mass is 1930 g/mol. The molecular weight excluding hydrogens is 1740 g/mol. The van der Waals surface area contributed by atoms with Gasteiger partial charge in [-0.05, 0) is 194 Å². The lowest BCUT2D eigenvalue weighted by Gasteiger charge is -2.32. The van der Waals surface area contributed by atoms with Crippen molar-refractivity contribution in [3.05, 3.63) is 165 Å². The summed E-state index contributed by atoms with van der Waals surface area (Å²) in [5.41, 5.74) is 10.7. The largest absolute Gasteiger partial charge is 0.491 e. The van der Waals surface area contributed by atoms with Crippen LogP contribution in [0.1, 0.15) is 502 Å². The molecule has 10 bridgehead atoms. The summed E-state index contributed by atoms with van der Waals surface area (Å²) in [4.78, 5) is 70.3. The van der Waals surface area contributed by atoms with Crippen LogP contribution in [0.15, 0.2) is 109 Å². The normalized spacial score (nSPS) is 14.0. The van der Waals surface area contributed by atoms with Crippen molar-refractivity contribution >= 4 is 78.1 Å². The molecular formula is C128H184N2O11. The van der Waals surface area contributed by atoms with Gasteiger partial charge >= 0.3 is 0 Å². The number of rotatable bonds is 68. The van der Waals surface area contributed by atoms with Gasteiger partial charge in [0.05, 0.1) is 62.1 Å². The number of hydrogen-bond donors (Lipinski definition) is 0. The lowest BCUT2D eigenvalue weighted by molar-refractivity contribution is 0.00498. The van der Waals surface area contributed by atoms with Crippen LogP contribution in [0.2, 0.25) is 0 Å². The zero-order valence-corrected chi connectivity index (χ0v) is 89.1. The molecule has 0 unspecified atom stereocenters. The molecule has 0 fully saturated rings. The highest BCUT2D eigenvalue weighted by Gasteiger charge is 2.41. The van der Waals surface area contributed by atoms with E-state index in [1.807, 2.05) is 84.9 Å². The molecule has 0 radical (unpaired) electrons. The van der Waals surface area contributed by atoms with Crippen molar-refractivity contribution in [3.63, 3.8) is 0 Å². The number of ether oxygens (including phenoxy) is 7. The van der Waals surface area contributed by atoms with E-state index in [1.165, 1.54) is 364 Å². The van der Waals surface area contributed by atoms with E-state index in [4.69, 9.17) is 33.2 Å². The smallest absolute Gasteiger partial charge is 0.266 e. The van der Waals surface area contributed by atoms with E-state index in [9.17, 15) is 0 Å². The molecule has 772 valence electrons. The number of imide groups is 2. The van der Waals surface area contributed by atoms with Gasteiger partial charge < -0.3 is 33.2 Å². The molecule has 0 atom stereocenters. The molecule has 0 spiro atoms. The predicted molar refractivity (Wildman–Crippen MR) is 593 cm³/mol. The molecule has 0 aliphatic carbocycles. The van der Waals surface area contributed by atoms with Gasteiger partial charge in [0.2, 0.25) is 0 Å². The Morgan fingerprint density at radius 3 is 0.702 bits per heavy atom. The second kappa shape index (κ2) is 64.5. The number of nitrogens with zero attached hydrogens (tertiary/aromatic N) is 2. The number of anilines is 2. The van der Waals surface area contributed by atoms with E-state index in [2.05, 4.69) is 65.8 Å². The molecule has 9 aromatic carbocycles. The Balaban J connectivity index is 0.995. The average Bonchev–Trinajstić information content (AvgIpc) is 0.677. The quantitative estimate of drug-likeness (QED) is 0.0118. The van der Waals surface area contributed by atoms with Crippen molar-refractivity contribution < 1.29 is 52.3 Å². The summed E-state index contributed by atoms with van der Waals surface area (Å²) in [6, 6.07) is 35.7. The summed E-state index contributed by atoms with van der Waals surface area (Å²) in [6.45, 7) is 16.5. The van der Waals surface area contributed by atoms with E-state index in [-0.39, 0.29) is 25.0 Å². The number of fused-ring (bicyclic) bond motifs is 12. The number of amides is 4. The summed E-state index contributed by atoms with van der Waals surface area (Å²) >= 11 is 0. The number of benzene rings is 9. The third-order valence-electron chi connectivity index (χ3n) is 30.7. The minimum atomic E-state index is -0.424. The molecule has 0 aromatic heterocycles. The van der Waals surface area contributed by atoms with Gasteiger partial charge in [0, 0.05) is 55.6 Å². The van der Waals surface area contributed by atoms with Crippen LogP contribution in [0.5, 0.6) is 34.5 Å². The van der Waals surface area contributed by atoms with Gasteiger partial charge in [0.15, 0.2) is 0 Å². The number of carbonyl (C=O) groups excluding carboxylic acids is 4. The lowest BCUT2D eigenvalue weighted by Crippen LogP contribution is -2.41. The van der Waals surface area contributed by atoms with Crippen LogP contribution in [0.25, 0.3) is 43.1 Å². The predicted octanol–water partition coefficient (Wildman–Crippen LogP) is 37.5. The second-order valence-electron chi connectivity index (χ2n) is 42.1. The van der Waals surface area contributed by atoms with Gasteiger partial charge in [-0.15, -0.1) is 0 Å². The summed E-state index contributed by atoms with van der Waals surface area (Å²) in [7, 11) is 0. The maximum absolute atomic E-state index is 16.9. The second-order valence-corrected chi connectivity index (χ2v) is 42.1. The van der Waals surface area contributed by atoms with Crippen LogP contribution in [0.3, 0.4) is 0 Å². The molecule has 4 aliphatic heterocycles. The lowest BCUT2D eigenvalue weighted by atomic mass is 9.81. The van der Waals surface area contributed by atoms with Crippen LogP contribution >= 0.6 is 0 Å². The Labute approximate surface area is 852 Å². The fourth-order valence-electron chi connectivity index (χ4n) is 22.7.